The summed E-state index contributed by atoms with van der Waals surface area (Å²) in [4.78, 5) is 24.7. The molecule has 0 spiro atoms. The largest absolute Gasteiger partial charge is 0.454 e. The van der Waals surface area contributed by atoms with Crippen molar-refractivity contribution < 1.29 is 32.2 Å². The molecule has 3 aromatic carbocycles. The van der Waals surface area contributed by atoms with Crippen LogP contribution in [0.15, 0.2) is 54.6 Å². The number of hydrogen-bond acceptors (Lipinski definition) is 4. The van der Waals surface area contributed by atoms with E-state index in [1.54, 1.807) is 6.07 Å². The third kappa shape index (κ3) is 3.90. The van der Waals surface area contributed by atoms with Crippen molar-refractivity contribution in [2.75, 3.05) is 17.4 Å². The molecule has 2 N–H and O–H groups in total. The smallest absolute Gasteiger partial charge is 0.258 e. The normalized spacial score (nSPS) is 11.8. The average molecular weight is 414 g/mol. The molecular weight excluding hydrogens is 401 g/mol. The van der Waals surface area contributed by atoms with Crippen molar-refractivity contribution >= 4 is 23.2 Å². The van der Waals surface area contributed by atoms with Gasteiger partial charge in [0.25, 0.3) is 11.8 Å². The number of halogens is 3. The van der Waals surface area contributed by atoms with Crippen LogP contribution in [0.1, 0.15) is 20.7 Å². The minimum atomic E-state index is -1.04. The molecule has 0 radical (unpaired) electrons. The maximum atomic E-state index is 14.1. The Morgan fingerprint density at radius 2 is 1.53 bits per heavy atom. The third-order valence-corrected chi connectivity index (χ3v) is 4.28. The molecule has 3 aromatic rings. The van der Waals surface area contributed by atoms with Gasteiger partial charge in [-0.2, -0.15) is 0 Å². The van der Waals surface area contributed by atoms with Gasteiger partial charge in [0.1, 0.15) is 17.5 Å². The van der Waals surface area contributed by atoms with Crippen molar-refractivity contribution in [2.24, 2.45) is 0 Å². The molecule has 0 bridgehead atoms. The summed E-state index contributed by atoms with van der Waals surface area (Å²) in [7, 11) is 0. The molecule has 0 aliphatic carbocycles. The Hall–Kier alpha value is -4.01. The number of amides is 2. The zero-order valence-electron chi connectivity index (χ0n) is 15.2. The van der Waals surface area contributed by atoms with E-state index in [9.17, 15) is 22.8 Å². The standard InChI is InChI=1S/C21H13F3N2O4/c22-12-2-4-15(23)14(8-12)21(28)26-17-9-13(3-5-16(17)24)25-20(27)11-1-6-18-19(7-11)30-10-29-18/h1-9H,10H2,(H,25,27)(H,26,28). The molecule has 1 aliphatic rings. The second-order valence-corrected chi connectivity index (χ2v) is 6.30. The number of anilines is 2. The molecule has 1 heterocycles. The van der Waals surface area contributed by atoms with Crippen LogP contribution in [0.25, 0.3) is 0 Å². The monoisotopic (exact) mass is 414 g/mol. The Bertz CT molecular complexity index is 1170. The van der Waals surface area contributed by atoms with E-state index in [0.717, 1.165) is 24.3 Å². The van der Waals surface area contributed by atoms with Crippen molar-refractivity contribution in [1.82, 2.24) is 0 Å². The molecule has 0 atom stereocenters. The molecule has 1 aliphatic heterocycles. The van der Waals surface area contributed by atoms with E-state index in [-0.39, 0.29) is 23.7 Å². The second kappa shape index (κ2) is 7.78. The molecule has 2 amide bonds. The van der Waals surface area contributed by atoms with Crippen LogP contribution in [0.5, 0.6) is 11.5 Å². The number of carbonyl (C=O) groups excluding carboxylic acids is 2. The summed E-state index contributed by atoms with van der Waals surface area (Å²) in [6, 6.07) is 10.4. The Labute approximate surface area is 168 Å². The van der Waals surface area contributed by atoms with Crippen LogP contribution in [0, 0.1) is 17.5 Å². The second-order valence-electron chi connectivity index (χ2n) is 6.30. The summed E-state index contributed by atoms with van der Waals surface area (Å²) < 4.78 is 51.6. The number of fused-ring (bicyclic) bond motifs is 1. The van der Waals surface area contributed by atoms with Crippen LogP contribution in [0.3, 0.4) is 0 Å². The van der Waals surface area contributed by atoms with E-state index in [2.05, 4.69) is 10.6 Å². The Morgan fingerprint density at radius 1 is 0.767 bits per heavy atom. The molecule has 0 aromatic heterocycles. The molecular formula is C21H13F3N2O4. The van der Waals surface area contributed by atoms with Gasteiger partial charge in [-0.05, 0) is 54.6 Å². The van der Waals surface area contributed by atoms with Crippen molar-refractivity contribution in [3.05, 3.63) is 83.2 Å². The lowest BCUT2D eigenvalue weighted by molar-refractivity contribution is 0.101. The van der Waals surface area contributed by atoms with Crippen LogP contribution >= 0.6 is 0 Å². The molecule has 0 saturated heterocycles. The van der Waals surface area contributed by atoms with E-state index in [0.29, 0.717) is 17.6 Å². The SMILES string of the molecule is O=C(Nc1ccc(F)c(NC(=O)c2cc(F)ccc2F)c1)c1ccc2c(c1)OCO2. The van der Waals surface area contributed by atoms with Gasteiger partial charge in [-0.25, -0.2) is 13.2 Å². The quantitative estimate of drug-likeness (QED) is 0.666. The van der Waals surface area contributed by atoms with E-state index in [1.807, 2.05) is 0 Å². The first-order chi connectivity index (χ1) is 14.4. The van der Waals surface area contributed by atoms with Crippen molar-refractivity contribution in [3.63, 3.8) is 0 Å². The molecule has 0 unspecified atom stereocenters. The highest BCUT2D eigenvalue weighted by Gasteiger charge is 2.18. The Kier molecular flexibility index (Phi) is 5.01. The first-order valence-corrected chi connectivity index (χ1v) is 8.67. The van der Waals surface area contributed by atoms with Gasteiger partial charge in [-0.3, -0.25) is 9.59 Å². The van der Waals surface area contributed by atoms with Gasteiger partial charge in [0, 0.05) is 11.3 Å². The van der Waals surface area contributed by atoms with Crippen LogP contribution in [0.2, 0.25) is 0 Å². The lowest BCUT2D eigenvalue weighted by Crippen LogP contribution is -2.16. The van der Waals surface area contributed by atoms with Crippen molar-refractivity contribution in [2.45, 2.75) is 0 Å². The van der Waals surface area contributed by atoms with Gasteiger partial charge < -0.3 is 20.1 Å². The Morgan fingerprint density at radius 3 is 2.37 bits per heavy atom. The molecule has 6 nitrogen and oxygen atoms in total. The van der Waals surface area contributed by atoms with Crippen LogP contribution < -0.4 is 20.1 Å². The number of carbonyl (C=O) groups is 2. The molecule has 0 fully saturated rings. The van der Waals surface area contributed by atoms with Gasteiger partial charge in [0.05, 0.1) is 11.3 Å². The highest BCUT2D eigenvalue weighted by Crippen LogP contribution is 2.32. The minimum absolute atomic E-state index is 0.0628. The van der Waals surface area contributed by atoms with Crippen molar-refractivity contribution in [1.29, 1.82) is 0 Å². The summed E-state index contributed by atoms with van der Waals surface area (Å²) in [5.74, 6) is -3.19. The summed E-state index contributed by atoms with van der Waals surface area (Å²) in [5, 5.41) is 4.74. The lowest BCUT2D eigenvalue weighted by Gasteiger charge is -2.11. The highest BCUT2D eigenvalue weighted by atomic mass is 19.1. The number of rotatable bonds is 4. The van der Waals surface area contributed by atoms with Gasteiger partial charge in [0.15, 0.2) is 11.5 Å². The highest BCUT2D eigenvalue weighted by molar-refractivity contribution is 6.06. The summed E-state index contributed by atoms with van der Waals surface area (Å²) >= 11 is 0. The van der Waals surface area contributed by atoms with E-state index in [4.69, 9.17) is 9.47 Å². The number of nitrogens with one attached hydrogen (secondary N) is 2. The van der Waals surface area contributed by atoms with Crippen LogP contribution in [0.4, 0.5) is 24.5 Å². The fourth-order valence-electron chi connectivity index (χ4n) is 2.80. The first kappa shape index (κ1) is 19.3. The maximum absolute atomic E-state index is 14.1. The average Bonchev–Trinajstić information content (AvgIpc) is 3.20. The summed E-state index contributed by atoms with van der Waals surface area (Å²) in [5.41, 5.74) is -0.443. The third-order valence-electron chi connectivity index (χ3n) is 4.28. The van der Waals surface area contributed by atoms with Crippen LogP contribution in [-0.2, 0) is 0 Å². The summed E-state index contributed by atoms with van der Waals surface area (Å²) in [6.45, 7) is 0.0628. The van der Waals surface area contributed by atoms with Gasteiger partial charge in [0.2, 0.25) is 6.79 Å². The fourth-order valence-corrected chi connectivity index (χ4v) is 2.80. The van der Waals surface area contributed by atoms with Crippen molar-refractivity contribution in [3.8, 4) is 11.5 Å². The molecule has 152 valence electrons. The lowest BCUT2D eigenvalue weighted by atomic mass is 10.1. The molecule has 0 saturated carbocycles. The van der Waals surface area contributed by atoms with E-state index >= 15 is 0 Å². The predicted molar refractivity (Wildman–Crippen MR) is 101 cm³/mol. The van der Waals surface area contributed by atoms with E-state index < -0.39 is 34.8 Å². The molecule has 9 heteroatoms. The Balaban J connectivity index is 1.52. The van der Waals surface area contributed by atoms with E-state index in [1.165, 1.54) is 18.2 Å². The number of ether oxygens (including phenoxy) is 2. The number of benzene rings is 3. The zero-order valence-corrected chi connectivity index (χ0v) is 15.2. The fraction of sp³-hybridized carbons (Fsp3) is 0.0476. The van der Waals surface area contributed by atoms with Gasteiger partial charge in [-0.15, -0.1) is 0 Å². The first-order valence-electron chi connectivity index (χ1n) is 8.67. The molecule has 4 rings (SSSR count). The topological polar surface area (TPSA) is 76.7 Å². The summed E-state index contributed by atoms with van der Waals surface area (Å²) in [6.07, 6.45) is 0. The maximum Gasteiger partial charge on any atom is 0.258 e. The van der Waals surface area contributed by atoms with Gasteiger partial charge in [-0.1, -0.05) is 0 Å². The van der Waals surface area contributed by atoms with Crippen LogP contribution in [-0.4, -0.2) is 18.6 Å². The number of hydrogen-bond donors (Lipinski definition) is 2. The minimum Gasteiger partial charge on any atom is -0.454 e. The van der Waals surface area contributed by atoms with Gasteiger partial charge >= 0.3 is 0 Å². The zero-order chi connectivity index (χ0) is 21.3. The molecule has 30 heavy (non-hydrogen) atoms. The predicted octanol–water partition coefficient (Wildman–Crippen LogP) is 4.34.